The molecule has 0 bridgehead atoms. The van der Waals surface area contributed by atoms with Gasteiger partial charge in [-0.3, -0.25) is 4.79 Å². The summed E-state index contributed by atoms with van der Waals surface area (Å²) in [4.78, 5) is 11.2. The number of nitrogens with two attached hydrogens (primary N) is 1. The van der Waals surface area contributed by atoms with Crippen LogP contribution in [0.5, 0.6) is 0 Å². The average Bonchev–Trinajstić information content (AvgIpc) is 2.60. The fraction of sp³-hybridized carbons (Fsp3) is 0.462. The van der Waals surface area contributed by atoms with E-state index in [2.05, 4.69) is 5.32 Å². The van der Waals surface area contributed by atoms with Crippen LogP contribution >= 0.6 is 11.6 Å². The highest BCUT2D eigenvalue weighted by Gasteiger charge is 2.13. The zero-order valence-corrected chi connectivity index (χ0v) is 10.9. The number of amides is 1. The number of primary amides is 1. The number of carbonyl (C=O) groups excluding carboxylic acids is 1. The van der Waals surface area contributed by atoms with Crippen molar-refractivity contribution < 1.29 is 9.53 Å². The Bertz CT molecular complexity index is 429. The van der Waals surface area contributed by atoms with E-state index in [1.165, 1.54) is 0 Å². The number of nitrogens with one attached hydrogen (secondary N) is 1. The Hall–Kier alpha value is -1.26. The van der Waals surface area contributed by atoms with Crippen LogP contribution in [0.15, 0.2) is 18.2 Å². The maximum absolute atomic E-state index is 11.2. The molecule has 1 aliphatic heterocycles. The number of ether oxygens (including phenoxy) is 1. The summed E-state index contributed by atoms with van der Waals surface area (Å²) in [6, 6.07) is 5.63. The van der Waals surface area contributed by atoms with Crippen LogP contribution in [-0.4, -0.2) is 25.2 Å². The second-order valence-electron chi connectivity index (χ2n) is 4.44. The van der Waals surface area contributed by atoms with Gasteiger partial charge in [0.1, 0.15) is 0 Å². The molecule has 5 heteroatoms. The Morgan fingerprint density at radius 2 is 2.22 bits per heavy atom. The molecule has 3 N–H and O–H groups in total. The Morgan fingerprint density at radius 3 is 3.00 bits per heavy atom. The molecule has 0 saturated carbocycles. The summed E-state index contributed by atoms with van der Waals surface area (Å²) >= 11 is 5.91. The molecule has 0 aromatic heterocycles. The van der Waals surface area contributed by atoms with Crippen LogP contribution in [0.25, 0.3) is 0 Å². The Balaban J connectivity index is 2.08. The van der Waals surface area contributed by atoms with Crippen LogP contribution in [0, 0.1) is 0 Å². The maximum atomic E-state index is 11.2. The number of carbonyl (C=O) groups is 1. The molecule has 0 aliphatic carbocycles. The predicted molar refractivity (Wildman–Crippen MR) is 72.1 cm³/mol. The number of hydrogen-bond acceptors (Lipinski definition) is 3. The summed E-state index contributed by atoms with van der Waals surface area (Å²) in [5.41, 5.74) is 6.50. The molecule has 0 spiro atoms. The molecular formula is C13H17ClN2O2. The second-order valence-corrected chi connectivity index (χ2v) is 4.85. The molecule has 1 atom stereocenters. The van der Waals surface area contributed by atoms with Crippen molar-refractivity contribution in [2.24, 2.45) is 5.73 Å². The first-order valence-corrected chi connectivity index (χ1v) is 6.48. The van der Waals surface area contributed by atoms with Crippen LogP contribution in [0.1, 0.15) is 29.6 Å². The molecule has 1 fully saturated rings. The summed E-state index contributed by atoms with van der Waals surface area (Å²) < 4.78 is 5.41. The van der Waals surface area contributed by atoms with E-state index in [-0.39, 0.29) is 0 Å². The lowest BCUT2D eigenvalue weighted by Gasteiger charge is -2.17. The summed E-state index contributed by atoms with van der Waals surface area (Å²) in [5, 5.41) is 3.78. The molecule has 1 aromatic carbocycles. The van der Waals surface area contributed by atoms with Crippen LogP contribution in [0.4, 0.5) is 5.69 Å². The molecule has 1 aliphatic rings. The van der Waals surface area contributed by atoms with Gasteiger partial charge in [0.25, 0.3) is 0 Å². The molecule has 98 valence electrons. The minimum atomic E-state index is -0.507. The van der Waals surface area contributed by atoms with Gasteiger partial charge in [0, 0.05) is 24.9 Å². The van der Waals surface area contributed by atoms with Crippen molar-refractivity contribution in [3.05, 3.63) is 28.8 Å². The lowest BCUT2D eigenvalue weighted by molar-refractivity contribution is 0.100. The fourth-order valence-electron chi connectivity index (χ4n) is 2.09. The Morgan fingerprint density at radius 1 is 1.39 bits per heavy atom. The summed E-state index contributed by atoms with van der Waals surface area (Å²) in [6.07, 6.45) is 3.08. The molecule has 0 radical (unpaired) electrons. The van der Waals surface area contributed by atoms with Crippen molar-refractivity contribution in [3.8, 4) is 0 Å². The van der Waals surface area contributed by atoms with E-state index < -0.39 is 5.91 Å². The SMILES string of the molecule is NC(=O)c1cc(NC2CCCOCC2)ccc1Cl. The predicted octanol–water partition coefficient (Wildman–Crippen LogP) is 2.42. The third-order valence-electron chi connectivity index (χ3n) is 3.05. The highest BCUT2D eigenvalue weighted by atomic mass is 35.5. The standard InChI is InChI=1S/C13H17ClN2O2/c14-12-4-3-10(8-11(12)13(15)17)16-9-2-1-6-18-7-5-9/h3-4,8-9,16H,1-2,5-7H2,(H2,15,17). The Labute approximate surface area is 111 Å². The molecule has 1 heterocycles. The topological polar surface area (TPSA) is 64.4 Å². The molecular weight excluding hydrogens is 252 g/mol. The van der Waals surface area contributed by atoms with Gasteiger partial charge in [0.15, 0.2) is 0 Å². The first-order valence-electron chi connectivity index (χ1n) is 6.10. The summed E-state index contributed by atoms with van der Waals surface area (Å²) in [7, 11) is 0. The van der Waals surface area contributed by atoms with Gasteiger partial charge in [0.2, 0.25) is 5.91 Å². The van der Waals surface area contributed by atoms with E-state index in [4.69, 9.17) is 22.1 Å². The highest BCUT2D eigenvalue weighted by Crippen LogP contribution is 2.22. The van der Waals surface area contributed by atoms with E-state index in [1.54, 1.807) is 12.1 Å². The quantitative estimate of drug-likeness (QED) is 0.885. The van der Waals surface area contributed by atoms with Gasteiger partial charge in [-0.1, -0.05) is 11.6 Å². The fourth-order valence-corrected chi connectivity index (χ4v) is 2.30. The second kappa shape index (κ2) is 6.07. The van der Waals surface area contributed by atoms with Crippen molar-refractivity contribution in [1.82, 2.24) is 0 Å². The van der Waals surface area contributed by atoms with E-state index >= 15 is 0 Å². The maximum Gasteiger partial charge on any atom is 0.250 e. The van der Waals surface area contributed by atoms with Gasteiger partial charge in [-0.2, -0.15) is 0 Å². The zero-order chi connectivity index (χ0) is 13.0. The van der Waals surface area contributed by atoms with Crippen molar-refractivity contribution in [2.45, 2.75) is 25.3 Å². The first-order chi connectivity index (χ1) is 8.66. The third kappa shape index (κ3) is 3.37. The third-order valence-corrected chi connectivity index (χ3v) is 3.38. The summed E-state index contributed by atoms with van der Waals surface area (Å²) in [6.45, 7) is 1.60. The monoisotopic (exact) mass is 268 g/mol. The number of anilines is 1. The molecule has 18 heavy (non-hydrogen) atoms. The van der Waals surface area contributed by atoms with Crippen LogP contribution in [0.3, 0.4) is 0 Å². The van der Waals surface area contributed by atoms with Gasteiger partial charge in [-0.05, 0) is 37.5 Å². The molecule has 1 saturated heterocycles. The smallest absolute Gasteiger partial charge is 0.250 e. The van der Waals surface area contributed by atoms with Crippen LogP contribution in [0.2, 0.25) is 5.02 Å². The molecule has 1 unspecified atom stereocenters. The summed E-state index contributed by atoms with van der Waals surface area (Å²) in [5.74, 6) is -0.507. The largest absolute Gasteiger partial charge is 0.382 e. The normalized spacial score (nSPS) is 20.2. The van der Waals surface area contributed by atoms with Gasteiger partial charge >= 0.3 is 0 Å². The molecule has 1 amide bonds. The van der Waals surface area contributed by atoms with Gasteiger partial charge < -0.3 is 15.8 Å². The molecule has 1 aromatic rings. The zero-order valence-electron chi connectivity index (χ0n) is 10.1. The molecule has 2 rings (SSSR count). The minimum Gasteiger partial charge on any atom is -0.382 e. The lowest BCUT2D eigenvalue weighted by Crippen LogP contribution is -2.20. The van der Waals surface area contributed by atoms with E-state index in [9.17, 15) is 4.79 Å². The van der Waals surface area contributed by atoms with Crippen molar-refractivity contribution in [2.75, 3.05) is 18.5 Å². The van der Waals surface area contributed by atoms with Gasteiger partial charge in [-0.25, -0.2) is 0 Å². The van der Waals surface area contributed by atoms with Gasteiger partial charge in [0.05, 0.1) is 10.6 Å². The van der Waals surface area contributed by atoms with E-state index in [0.29, 0.717) is 16.6 Å². The van der Waals surface area contributed by atoms with Crippen LogP contribution in [-0.2, 0) is 4.74 Å². The number of benzene rings is 1. The average molecular weight is 269 g/mol. The van der Waals surface area contributed by atoms with Gasteiger partial charge in [-0.15, -0.1) is 0 Å². The van der Waals surface area contributed by atoms with Crippen LogP contribution < -0.4 is 11.1 Å². The first kappa shape index (κ1) is 13.2. The Kier molecular flexibility index (Phi) is 4.44. The highest BCUT2D eigenvalue weighted by molar-refractivity contribution is 6.33. The lowest BCUT2D eigenvalue weighted by atomic mass is 10.1. The van der Waals surface area contributed by atoms with Crippen molar-refractivity contribution in [3.63, 3.8) is 0 Å². The number of rotatable bonds is 3. The van der Waals surface area contributed by atoms with Crippen molar-refractivity contribution in [1.29, 1.82) is 0 Å². The molecule has 4 nitrogen and oxygen atoms in total. The number of hydrogen-bond donors (Lipinski definition) is 2. The van der Waals surface area contributed by atoms with E-state index in [0.717, 1.165) is 38.2 Å². The number of halogens is 1. The van der Waals surface area contributed by atoms with Crippen molar-refractivity contribution >= 4 is 23.2 Å². The van der Waals surface area contributed by atoms with E-state index in [1.807, 2.05) is 6.07 Å². The minimum absolute atomic E-state index is 0.353.